The molecular weight excluding hydrogens is 456 g/mol. The smallest absolute Gasteiger partial charge is 0.256 e. The Labute approximate surface area is 207 Å². The summed E-state index contributed by atoms with van der Waals surface area (Å²) in [6, 6.07) is 12.6. The number of rotatable bonds is 4. The Morgan fingerprint density at radius 1 is 1.03 bits per heavy atom. The zero-order chi connectivity index (χ0) is 24.7. The molecule has 2 amide bonds. The summed E-state index contributed by atoms with van der Waals surface area (Å²) in [7, 11) is 0. The molecule has 10 heteroatoms. The second kappa shape index (κ2) is 8.63. The minimum atomic E-state index is -0.251. The number of nitrogen functional groups attached to an aromatic ring is 1. The Bertz CT molecular complexity index is 1440. The van der Waals surface area contributed by atoms with Crippen molar-refractivity contribution >= 4 is 34.9 Å². The van der Waals surface area contributed by atoms with Crippen LogP contribution in [0.5, 0.6) is 0 Å². The summed E-state index contributed by atoms with van der Waals surface area (Å²) in [4.78, 5) is 40.7. The van der Waals surface area contributed by atoms with E-state index in [0.29, 0.717) is 22.9 Å². The van der Waals surface area contributed by atoms with Crippen molar-refractivity contribution in [2.45, 2.75) is 19.3 Å². The monoisotopic (exact) mass is 482 g/mol. The Balaban J connectivity index is 1.29. The van der Waals surface area contributed by atoms with Gasteiger partial charge in [0.05, 0.1) is 5.41 Å². The van der Waals surface area contributed by atoms with E-state index in [9.17, 15) is 9.59 Å². The molecule has 182 valence electrons. The van der Waals surface area contributed by atoms with E-state index in [-0.39, 0.29) is 17.2 Å². The van der Waals surface area contributed by atoms with E-state index in [4.69, 9.17) is 10.7 Å². The highest BCUT2D eigenvalue weighted by molar-refractivity contribution is 6.04. The molecule has 2 fully saturated rings. The predicted octanol–water partition coefficient (Wildman–Crippen LogP) is 2.73. The lowest BCUT2D eigenvalue weighted by Crippen LogP contribution is -2.44. The first-order valence-corrected chi connectivity index (χ1v) is 12.0. The van der Waals surface area contributed by atoms with E-state index in [1.54, 1.807) is 36.7 Å². The highest BCUT2D eigenvalue weighted by Crippen LogP contribution is 2.40. The number of nitrogens with two attached hydrogens (primary N) is 1. The van der Waals surface area contributed by atoms with Crippen LogP contribution in [0, 0.1) is 5.41 Å². The molecule has 0 radical (unpaired) electrons. The summed E-state index contributed by atoms with van der Waals surface area (Å²) >= 11 is 0. The maximum absolute atomic E-state index is 12.6. The van der Waals surface area contributed by atoms with Crippen molar-refractivity contribution < 1.29 is 9.59 Å². The molecule has 2 aliphatic heterocycles. The highest BCUT2D eigenvalue weighted by atomic mass is 16.2. The third kappa shape index (κ3) is 3.71. The van der Waals surface area contributed by atoms with Gasteiger partial charge >= 0.3 is 0 Å². The molecule has 4 N–H and O–H groups in total. The number of hydrogen-bond acceptors (Lipinski definition) is 7. The fraction of sp³-hybridized carbons (Fsp3) is 0.269. The van der Waals surface area contributed by atoms with Crippen LogP contribution in [0.4, 0.5) is 17.6 Å². The van der Waals surface area contributed by atoms with Gasteiger partial charge in [0.2, 0.25) is 11.9 Å². The van der Waals surface area contributed by atoms with Gasteiger partial charge in [-0.05, 0) is 43.5 Å². The van der Waals surface area contributed by atoms with Gasteiger partial charge in [-0.1, -0.05) is 18.2 Å². The van der Waals surface area contributed by atoms with Crippen molar-refractivity contribution in [1.82, 2.24) is 24.7 Å². The number of pyridine rings is 1. The number of hydrogen-bond donors (Lipinski definition) is 3. The Morgan fingerprint density at radius 2 is 1.83 bits per heavy atom. The molecule has 5 heterocycles. The minimum Gasteiger partial charge on any atom is -0.382 e. The van der Waals surface area contributed by atoms with Crippen LogP contribution in [-0.4, -0.2) is 50.8 Å². The summed E-state index contributed by atoms with van der Waals surface area (Å²) in [6.07, 6.45) is 7.64. The molecule has 0 saturated carbocycles. The molecule has 3 aromatic heterocycles. The first kappa shape index (κ1) is 22.0. The molecule has 1 spiro atoms. The number of piperidine rings is 1. The lowest BCUT2D eigenvalue weighted by atomic mass is 9.77. The van der Waals surface area contributed by atoms with Crippen LogP contribution in [0.25, 0.3) is 16.8 Å². The zero-order valence-corrected chi connectivity index (χ0v) is 19.6. The molecule has 2 saturated heterocycles. The highest BCUT2D eigenvalue weighted by Gasteiger charge is 2.44. The molecule has 0 bridgehead atoms. The van der Waals surface area contributed by atoms with E-state index < -0.39 is 0 Å². The van der Waals surface area contributed by atoms with Crippen molar-refractivity contribution in [2.24, 2.45) is 5.41 Å². The quantitative estimate of drug-likeness (QED) is 0.408. The van der Waals surface area contributed by atoms with Crippen LogP contribution in [0.2, 0.25) is 0 Å². The predicted molar refractivity (Wildman–Crippen MR) is 137 cm³/mol. The number of benzene rings is 1. The largest absolute Gasteiger partial charge is 0.382 e. The number of imidazole rings is 1. The number of carbonyl (C=O) groups excluding carboxylic acids is 2. The third-order valence-corrected chi connectivity index (χ3v) is 7.27. The molecule has 0 atom stereocenters. The second-order valence-corrected chi connectivity index (χ2v) is 9.31. The standard InChI is InChI=1S/C26H26N8O2/c27-22-21-20(17-4-6-18(7-5-17)23(35)31-19-3-1-2-11-28-19)32-25(34(21)16-13-29-22)33-14-9-26(10-15-33)8-12-30-24(26)36/h1-7,11,13,16H,8-10,12,14-15H2,(H2,27,29)(H,30,36)(H,28,31,35). The first-order chi connectivity index (χ1) is 17.5. The average molecular weight is 483 g/mol. The Kier molecular flexibility index (Phi) is 5.28. The zero-order valence-electron chi connectivity index (χ0n) is 19.6. The van der Waals surface area contributed by atoms with E-state index in [1.165, 1.54) is 0 Å². The number of aromatic nitrogens is 4. The minimum absolute atomic E-state index is 0.177. The molecule has 10 nitrogen and oxygen atoms in total. The van der Waals surface area contributed by atoms with Crippen molar-refractivity contribution in [1.29, 1.82) is 0 Å². The van der Waals surface area contributed by atoms with Gasteiger partial charge in [-0.3, -0.25) is 14.0 Å². The van der Waals surface area contributed by atoms with Gasteiger partial charge < -0.3 is 21.3 Å². The molecule has 4 aromatic rings. The SMILES string of the molecule is Nc1nccn2c(N3CCC4(CCNC4=O)CC3)nc(-c3ccc(C(=O)Nc4ccccn4)cc3)c12. The lowest BCUT2D eigenvalue weighted by molar-refractivity contribution is -0.128. The van der Waals surface area contributed by atoms with Crippen molar-refractivity contribution in [3.05, 3.63) is 66.6 Å². The first-order valence-electron chi connectivity index (χ1n) is 12.0. The maximum atomic E-state index is 12.6. The molecular formula is C26H26N8O2. The van der Waals surface area contributed by atoms with E-state index in [2.05, 4.69) is 25.5 Å². The summed E-state index contributed by atoms with van der Waals surface area (Å²) < 4.78 is 1.96. The van der Waals surface area contributed by atoms with Gasteiger partial charge in [-0.25, -0.2) is 15.0 Å². The normalized spacial score (nSPS) is 16.9. The van der Waals surface area contributed by atoms with Crippen LogP contribution >= 0.6 is 0 Å². The summed E-state index contributed by atoms with van der Waals surface area (Å²) in [5.74, 6) is 1.59. The summed E-state index contributed by atoms with van der Waals surface area (Å²) in [6.45, 7) is 2.23. The van der Waals surface area contributed by atoms with Gasteiger partial charge in [0.1, 0.15) is 22.8 Å². The van der Waals surface area contributed by atoms with Gasteiger partial charge in [0, 0.05) is 49.4 Å². The number of nitrogens with zero attached hydrogens (tertiary/aromatic N) is 5. The Morgan fingerprint density at radius 3 is 2.53 bits per heavy atom. The molecule has 0 aliphatic carbocycles. The molecule has 1 aromatic carbocycles. The van der Waals surface area contributed by atoms with E-state index in [1.807, 2.05) is 28.8 Å². The van der Waals surface area contributed by atoms with Crippen molar-refractivity contribution in [3.8, 4) is 11.3 Å². The van der Waals surface area contributed by atoms with Crippen LogP contribution in [0.15, 0.2) is 61.1 Å². The molecule has 2 aliphatic rings. The average Bonchev–Trinajstić information content (AvgIpc) is 3.47. The van der Waals surface area contributed by atoms with Gasteiger partial charge in [0.25, 0.3) is 5.91 Å². The van der Waals surface area contributed by atoms with Crippen LogP contribution in [0.1, 0.15) is 29.6 Å². The molecule has 36 heavy (non-hydrogen) atoms. The number of anilines is 3. The van der Waals surface area contributed by atoms with Crippen LogP contribution < -0.4 is 21.3 Å². The van der Waals surface area contributed by atoms with Gasteiger partial charge in [0.15, 0.2) is 0 Å². The van der Waals surface area contributed by atoms with Gasteiger partial charge in [-0.2, -0.15) is 0 Å². The topological polar surface area (TPSA) is 131 Å². The van der Waals surface area contributed by atoms with E-state index in [0.717, 1.165) is 55.9 Å². The fourth-order valence-electron chi connectivity index (χ4n) is 5.21. The fourth-order valence-corrected chi connectivity index (χ4v) is 5.21. The third-order valence-electron chi connectivity index (χ3n) is 7.27. The van der Waals surface area contributed by atoms with Gasteiger partial charge in [-0.15, -0.1) is 0 Å². The van der Waals surface area contributed by atoms with E-state index >= 15 is 0 Å². The lowest BCUT2D eigenvalue weighted by Gasteiger charge is -2.37. The number of amides is 2. The second-order valence-electron chi connectivity index (χ2n) is 9.31. The maximum Gasteiger partial charge on any atom is 0.256 e. The summed E-state index contributed by atoms with van der Waals surface area (Å²) in [5.41, 5.74) is 8.81. The van der Waals surface area contributed by atoms with Crippen LogP contribution in [-0.2, 0) is 4.79 Å². The Hall–Kier alpha value is -4.47. The number of fused-ring (bicyclic) bond motifs is 1. The summed E-state index contributed by atoms with van der Waals surface area (Å²) in [5, 5.41) is 5.78. The van der Waals surface area contributed by atoms with Crippen LogP contribution in [0.3, 0.4) is 0 Å². The van der Waals surface area contributed by atoms with Crippen molar-refractivity contribution in [2.75, 3.05) is 35.6 Å². The number of nitrogens with one attached hydrogen (secondary N) is 2. The molecule has 6 rings (SSSR count). The van der Waals surface area contributed by atoms with Crippen molar-refractivity contribution in [3.63, 3.8) is 0 Å². The number of carbonyl (C=O) groups is 2. The molecule has 0 unspecified atom stereocenters.